The Balaban J connectivity index is 2.79. The van der Waals surface area contributed by atoms with Crippen LogP contribution in [0.25, 0.3) is 0 Å². The monoisotopic (exact) mass is 202 g/mol. The molecule has 0 aromatic heterocycles. The van der Waals surface area contributed by atoms with Crippen molar-refractivity contribution in [1.29, 1.82) is 0 Å². The summed E-state index contributed by atoms with van der Waals surface area (Å²) in [6, 6.07) is 9.60. The summed E-state index contributed by atoms with van der Waals surface area (Å²) in [4.78, 5) is 2.39. The molecule has 0 bridgehead atoms. The second kappa shape index (κ2) is 5.36. The number of benzene rings is 1. The zero-order valence-corrected chi connectivity index (χ0v) is 10.5. The van der Waals surface area contributed by atoms with Gasteiger partial charge in [-0.05, 0) is 19.0 Å². The Labute approximate surface area is 94.8 Å². The number of hydrogen-bond donors (Lipinski definition) is 0. The Morgan fingerprint density at radius 2 is 1.53 bits per heavy atom. The lowest BCUT2D eigenvalue weighted by atomic mass is 9.75. The fourth-order valence-corrected chi connectivity index (χ4v) is 1.79. The van der Waals surface area contributed by atoms with E-state index < -0.39 is 0 Å². The molecule has 1 rings (SSSR count). The summed E-state index contributed by atoms with van der Waals surface area (Å²) >= 11 is 0. The second-order valence-electron chi connectivity index (χ2n) is 4.62. The lowest BCUT2D eigenvalue weighted by Crippen LogP contribution is -2.45. The molecule has 0 saturated heterocycles. The fourth-order valence-electron chi connectivity index (χ4n) is 1.79. The molecule has 0 N–H and O–H groups in total. The molecule has 2 heteroatoms. The van der Waals surface area contributed by atoms with Crippen molar-refractivity contribution >= 4 is 12.9 Å². The molecule has 15 heavy (non-hydrogen) atoms. The van der Waals surface area contributed by atoms with Crippen LogP contribution in [0.2, 0.25) is 0 Å². The smallest absolute Gasteiger partial charge is 0.248 e. The van der Waals surface area contributed by atoms with Gasteiger partial charge in [-0.25, -0.2) is 0 Å². The fraction of sp³-hybridized carbons (Fsp3) is 0.538. The van der Waals surface area contributed by atoms with E-state index in [0.717, 1.165) is 0 Å². The van der Waals surface area contributed by atoms with E-state index in [4.69, 9.17) is 0 Å². The Bertz CT molecular complexity index is 299. The highest BCUT2D eigenvalue weighted by molar-refractivity contribution is 6.51. The molecule has 1 radical (unpaired) electrons. The minimum atomic E-state index is 0.546. The highest BCUT2D eigenvalue weighted by Gasteiger charge is 2.15. The Morgan fingerprint density at radius 1 is 1.00 bits per heavy atom. The molecule has 0 aliphatic carbocycles. The molecule has 0 amide bonds. The van der Waals surface area contributed by atoms with Crippen LogP contribution in [0.5, 0.6) is 0 Å². The summed E-state index contributed by atoms with van der Waals surface area (Å²) in [5.74, 6) is 0. The van der Waals surface area contributed by atoms with Gasteiger partial charge in [-0.3, -0.25) is 0 Å². The highest BCUT2D eigenvalue weighted by Crippen LogP contribution is 2.03. The third kappa shape index (κ3) is 3.38. The van der Waals surface area contributed by atoms with Crippen LogP contribution in [0.4, 0.5) is 0 Å². The average molecular weight is 202 g/mol. The van der Waals surface area contributed by atoms with Crippen LogP contribution in [0.15, 0.2) is 24.3 Å². The van der Waals surface area contributed by atoms with Gasteiger partial charge in [-0.2, -0.15) is 0 Å². The number of nitrogens with zero attached hydrogens (tertiary/aromatic N) is 1. The summed E-state index contributed by atoms with van der Waals surface area (Å²) in [5, 5.41) is 0. The number of hydrogen-bond acceptors (Lipinski definition) is 1. The van der Waals surface area contributed by atoms with E-state index in [1.165, 1.54) is 11.0 Å². The van der Waals surface area contributed by atoms with E-state index in [1.54, 1.807) is 0 Å². The van der Waals surface area contributed by atoms with Gasteiger partial charge in [0.1, 0.15) is 0 Å². The van der Waals surface area contributed by atoms with Crippen LogP contribution in [-0.2, 0) is 0 Å². The molecule has 0 atom stereocenters. The van der Waals surface area contributed by atoms with Gasteiger partial charge in [-0.1, -0.05) is 63.0 Å². The quantitative estimate of drug-likeness (QED) is 0.677. The Kier molecular flexibility index (Phi) is 4.40. The van der Waals surface area contributed by atoms with Crippen LogP contribution in [0.3, 0.4) is 0 Å². The van der Waals surface area contributed by atoms with Crippen LogP contribution in [0, 0.1) is 6.92 Å². The first-order valence-electron chi connectivity index (χ1n) is 5.70. The molecular formula is C13H21BN. The van der Waals surface area contributed by atoms with E-state index in [-0.39, 0.29) is 0 Å². The van der Waals surface area contributed by atoms with Crippen molar-refractivity contribution in [3.05, 3.63) is 29.8 Å². The SMILES string of the molecule is Cc1ccccc1[B]N(C(C)C)C(C)C. The largest absolute Gasteiger partial charge is 0.338 e. The van der Waals surface area contributed by atoms with Gasteiger partial charge < -0.3 is 4.81 Å². The maximum Gasteiger partial charge on any atom is 0.248 e. The van der Waals surface area contributed by atoms with Crippen molar-refractivity contribution < 1.29 is 0 Å². The number of aryl methyl sites for hydroxylation is 1. The van der Waals surface area contributed by atoms with Gasteiger partial charge in [0.15, 0.2) is 0 Å². The molecule has 1 aromatic rings. The van der Waals surface area contributed by atoms with Crippen molar-refractivity contribution in [1.82, 2.24) is 4.81 Å². The normalized spacial score (nSPS) is 11.5. The van der Waals surface area contributed by atoms with E-state index in [9.17, 15) is 0 Å². The molecular weight excluding hydrogens is 181 g/mol. The first kappa shape index (κ1) is 12.3. The predicted molar refractivity (Wildman–Crippen MR) is 68.7 cm³/mol. The summed E-state index contributed by atoms with van der Waals surface area (Å²) in [5.41, 5.74) is 2.66. The molecule has 0 aliphatic heterocycles. The van der Waals surface area contributed by atoms with E-state index in [0.29, 0.717) is 12.1 Å². The molecule has 0 aliphatic rings. The molecule has 0 unspecified atom stereocenters. The lowest BCUT2D eigenvalue weighted by Gasteiger charge is -2.30. The van der Waals surface area contributed by atoms with Crippen molar-refractivity contribution in [3.8, 4) is 0 Å². The van der Waals surface area contributed by atoms with Crippen molar-refractivity contribution in [2.75, 3.05) is 0 Å². The molecule has 0 spiro atoms. The minimum Gasteiger partial charge on any atom is -0.338 e. The standard InChI is InChI=1S/C13H21BN/c1-10(2)15(11(3)4)14-13-9-7-6-8-12(13)5/h6-11H,1-5H3. The van der Waals surface area contributed by atoms with Gasteiger partial charge >= 0.3 is 0 Å². The van der Waals surface area contributed by atoms with Gasteiger partial charge in [0.2, 0.25) is 7.41 Å². The first-order chi connectivity index (χ1) is 7.02. The maximum atomic E-state index is 2.39. The third-order valence-corrected chi connectivity index (χ3v) is 2.67. The summed E-state index contributed by atoms with van der Waals surface area (Å²) in [6.45, 7) is 11.1. The molecule has 0 heterocycles. The Morgan fingerprint density at radius 3 is 2.00 bits per heavy atom. The zero-order chi connectivity index (χ0) is 11.4. The van der Waals surface area contributed by atoms with Gasteiger partial charge in [0, 0.05) is 0 Å². The van der Waals surface area contributed by atoms with Crippen LogP contribution >= 0.6 is 0 Å². The molecule has 1 nitrogen and oxygen atoms in total. The Hall–Kier alpha value is -0.755. The molecule has 0 fully saturated rings. The number of rotatable bonds is 4. The van der Waals surface area contributed by atoms with Gasteiger partial charge in [-0.15, -0.1) is 0 Å². The first-order valence-corrected chi connectivity index (χ1v) is 5.70. The lowest BCUT2D eigenvalue weighted by molar-refractivity contribution is 0.315. The van der Waals surface area contributed by atoms with Crippen LogP contribution in [-0.4, -0.2) is 24.3 Å². The average Bonchev–Trinajstić information content (AvgIpc) is 2.15. The zero-order valence-electron chi connectivity index (χ0n) is 10.5. The van der Waals surface area contributed by atoms with Crippen LogP contribution < -0.4 is 5.46 Å². The molecule has 0 saturated carbocycles. The summed E-state index contributed by atoms with van der Waals surface area (Å²) < 4.78 is 0. The van der Waals surface area contributed by atoms with Crippen molar-refractivity contribution in [3.63, 3.8) is 0 Å². The highest BCUT2D eigenvalue weighted by atomic mass is 15.1. The minimum absolute atomic E-state index is 0.546. The summed E-state index contributed by atoms with van der Waals surface area (Å²) in [7, 11) is 2.27. The summed E-state index contributed by atoms with van der Waals surface area (Å²) in [6.07, 6.45) is 0. The van der Waals surface area contributed by atoms with Crippen molar-refractivity contribution in [2.45, 2.75) is 46.7 Å². The van der Waals surface area contributed by atoms with Crippen LogP contribution in [0.1, 0.15) is 33.3 Å². The molecule has 1 aromatic carbocycles. The van der Waals surface area contributed by atoms with E-state index >= 15 is 0 Å². The topological polar surface area (TPSA) is 3.24 Å². The van der Waals surface area contributed by atoms with E-state index in [1.807, 2.05) is 0 Å². The van der Waals surface area contributed by atoms with E-state index in [2.05, 4.69) is 71.1 Å². The molecule has 81 valence electrons. The van der Waals surface area contributed by atoms with Crippen molar-refractivity contribution in [2.24, 2.45) is 0 Å². The third-order valence-electron chi connectivity index (χ3n) is 2.67. The van der Waals surface area contributed by atoms with Gasteiger partial charge in [0.25, 0.3) is 0 Å². The maximum absolute atomic E-state index is 2.39. The second-order valence-corrected chi connectivity index (χ2v) is 4.62. The predicted octanol–water partition coefficient (Wildman–Crippen LogP) is 2.36. The van der Waals surface area contributed by atoms with Gasteiger partial charge in [0.05, 0.1) is 0 Å².